The van der Waals surface area contributed by atoms with Gasteiger partial charge in [0.25, 0.3) is 0 Å². The SMILES string of the molecule is OCCN(CC1CO1)C1CC1. The van der Waals surface area contributed by atoms with E-state index < -0.39 is 0 Å². The number of ether oxygens (including phenoxy) is 1. The first kappa shape index (κ1) is 7.53. The van der Waals surface area contributed by atoms with Gasteiger partial charge in [0, 0.05) is 19.1 Å². The lowest BCUT2D eigenvalue weighted by Crippen LogP contribution is -2.32. The van der Waals surface area contributed by atoms with Crippen LogP contribution in [0.15, 0.2) is 0 Å². The van der Waals surface area contributed by atoms with Gasteiger partial charge in [0.2, 0.25) is 0 Å². The van der Waals surface area contributed by atoms with Crippen LogP contribution in [0.5, 0.6) is 0 Å². The van der Waals surface area contributed by atoms with E-state index in [1.807, 2.05) is 0 Å². The molecule has 1 unspecified atom stereocenters. The number of aliphatic hydroxyl groups excluding tert-OH is 1. The van der Waals surface area contributed by atoms with Crippen molar-refractivity contribution in [3.63, 3.8) is 0 Å². The third-order valence-electron chi connectivity index (χ3n) is 2.29. The predicted molar refractivity (Wildman–Crippen MR) is 41.4 cm³/mol. The predicted octanol–water partition coefficient (Wildman–Crippen LogP) is -0.158. The van der Waals surface area contributed by atoms with Gasteiger partial charge >= 0.3 is 0 Å². The van der Waals surface area contributed by atoms with Gasteiger partial charge in [0.05, 0.1) is 19.3 Å². The Bertz CT molecular complexity index is 132. The minimum Gasteiger partial charge on any atom is -0.395 e. The Hall–Kier alpha value is -0.120. The van der Waals surface area contributed by atoms with Crippen LogP contribution in [0.2, 0.25) is 0 Å². The fourth-order valence-electron chi connectivity index (χ4n) is 1.43. The lowest BCUT2D eigenvalue weighted by molar-refractivity contribution is 0.177. The van der Waals surface area contributed by atoms with Crippen molar-refractivity contribution in [2.75, 3.05) is 26.3 Å². The molecule has 64 valence electrons. The first-order valence-electron chi connectivity index (χ1n) is 4.36. The van der Waals surface area contributed by atoms with Crippen molar-refractivity contribution >= 4 is 0 Å². The molecule has 2 rings (SSSR count). The maximum Gasteiger partial charge on any atom is 0.0936 e. The number of rotatable bonds is 5. The summed E-state index contributed by atoms with van der Waals surface area (Å²) in [5, 5.41) is 8.76. The van der Waals surface area contributed by atoms with Crippen LogP contribution < -0.4 is 0 Å². The molecule has 1 saturated heterocycles. The summed E-state index contributed by atoms with van der Waals surface area (Å²) in [6.45, 7) is 3.06. The molecule has 0 aromatic heterocycles. The van der Waals surface area contributed by atoms with Crippen LogP contribution >= 0.6 is 0 Å². The zero-order valence-corrected chi connectivity index (χ0v) is 6.70. The lowest BCUT2D eigenvalue weighted by atomic mass is 10.4. The van der Waals surface area contributed by atoms with Gasteiger partial charge in [-0.05, 0) is 12.8 Å². The van der Waals surface area contributed by atoms with Crippen LogP contribution in [0.4, 0.5) is 0 Å². The van der Waals surface area contributed by atoms with Crippen LogP contribution in [0, 0.1) is 0 Å². The van der Waals surface area contributed by atoms with E-state index >= 15 is 0 Å². The number of hydrogen-bond donors (Lipinski definition) is 1. The number of hydrogen-bond acceptors (Lipinski definition) is 3. The summed E-state index contributed by atoms with van der Waals surface area (Å²) in [5.74, 6) is 0. The van der Waals surface area contributed by atoms with Gasteiger partial charge in [-0.25, -0.2) is 0 Å². The molecule has 0 radical (unpaired) electrons. The monoisotopic (exact) mass is 157 g/mol. The fraction of sp³-hybridized carbons (Fsp3) is 1.00. The van der Waals surface area contributed by atoms with Crippen molar-refractivity contribution in [2.45, 2.75) is 25.0 Å². The average molecular weight is 157 g/mol. The third-order valence-corrected chi connectivity index (χ3v) is 2.29. The molecule has 1 aliphatic carbocycles. The number of aliphatic hydroxyl groups is 1. The second-order valence-electron chi connectivity index (χ2n) is 3.41. The van der Waals surface area contributed by atoms with Gasteiger partial charge in [-0.3, -0.25) is 4.90 Å². The van der Waals surface area contributed by atoms with E-state index in [0.29, 0.717) is 6.10 Å². The van der Waals surface area contributed by atoms with Crippen LogP contribution in [-0.2, 0) is 4.74 Å². The molecule has 0 aromatic carbocycles. The highest BCUT2D eigenvalue weighted by Crippen LogP contribution is 2.27. The highest BCUT2D eigenvalue weighted by Gasteiger charge is 2.33. The quantitative estimate of drug-likeness (QED) is 0.563. The molecule has 1 saturated carbocycles. The summed E-state index contributed by atoms with van der Waals surface area (Å²) in [6.07, 6.45) is 3.10. The summed E-state index contributed by atoms with van der Waals surface area (Å²) < 4.78 is 5.14. The average Bonchev–Trinajstić information content (AvgIpc) is 2.84. The molecule has 1 N–H and O–H groups in total. The lowest BCUT2D eigenvalue weighted by Gasteiger charge is -2.18. The molecular weight excluding hydrogens is 142 g/mol. The summed E-state index contributed by atoms with van der Waals surface area (Å²) in [5.41, 5.74) is 0. The molecule has 1 atom stereocenters. The summed E-state index contributed by atoms with van der Waals surface area (Å²) in [7, 11) is 0. The number of epoxide rings is 1. The molecule has 3 heteroatoms. The van der Waals surface area contributed by atoms with Crippen LogP contribution in [0.25, 0.3) is 0 Å². The molecule has 0 spiro atoms. The van der Waals surface area contributed by atoms with E-state index in [1.54, 1.807) is 0 Å². The molecule has 1 heterocycles. The Morgan fingerprint density at radius 2 is 2.18 bits per heavy atom. The summed E-state index contributed by atoms with van der Waals surface area (Å²) >= 11 is 0. The van der Waals surface area contributed by atoms with Gasteiger partial charge in [-0.1, -0.05) is 0 Å². The van der Waals surface area contributed by atoms with E-state index in [-0.39, 0.29) is 6.61 Å². The minimum absolute atomic E-state index is 0.281. The normalized spacial score (nSPS) is 29.5. The molecule has 0 aromatic rings. The van der Waals surface area contributed by atoms with Crippen molar-refractivity contribution in [1.29, 1.82) is 0 Å². The van der Waals surface area contributed by atoms with E-state index in [1.165, 1.54) is 12.8 Å². The molecule has 2 fully saturated rings. The minimum atomic E-state index is 0.281. The molecule has 3 nitrogen and oxygen atoms in total. The Morgan fingerprint density at radius 1 is 1.45 bits per heavy atom. The van der Waals surface area contributed by atoms with Gasteiger partial charge in [-0.15, -0.1) is 0 Å². The van der Waals surface area contributed by atoms with Crippen molar-refractivity contribution < 1.29 is 9.84 Å². The molecule has 1 aliphatic heterocycles. The molecule has 0 bridgehead atoms. The largest absolute Gasteiger partial charge is 0.395 e. The summed E-state index contributed by atoms with van der Waals surface area (Å²) in [6, 6.07) is 0.756. The van der Waals surface area contributed by atoms with Crippen molar-refractivity contribution in [3.05, 3.63) is 0 Å². The summed E-state index contributed by atoms with van der Waals surface area (Å²) in [4.78, 5) is 2.34. The number of nitrogens with zero attached hydrogens (tertiary/aromatic N) is 1. The van der Waals surface area contributed by atoms with E-state index in [4.69, 9.17) is 9.84 Å². The highest BCUT2D eigenvalue weighted by molar-refractivity contribution is 4.87. The van der Waals surface area contributed by atoms with Gasteiger partial charge in [0.15, 0.2) is 0 Å². The first-order valence-corrected chi connectivity index (χ1v) is 4.36. The van der Waals surface area contributed by atoms with Crippen molar-refractivity contribution in [3.8, 4) is 0 Å². The van der Waals surface area contributed by atoms with Crippen molar-refractivity contribution in [2.24, 2.45) is 0 Å². The van der Waals surface area contributed by atoms with Crippen LogP contribution in [0.3, 0.4) is 0 Å². The van der Waals surface area contributed by atoms with Gasteiger partial charge in [-0.2, -0.15) is 0 Å². The van der Waals surface area contributed by atoms with E-state index in [0.717, 1.165) is 25.7 Å². The zero-order valence-electron chi connectivity index (χ0n) is 6.70. The molecule has 11 heavy (non-hydrogen) atoms. The Morgan fingerprint density at radius 3 is 2.64 bits per heavy atom. The maximum absolute atomic E-state index is 8.76. The molecule has 0 amide bonds. The van der Waals surface area contributed by atoms with Crippen LogP contribution in [0.1, 0.15) is 12.8 Å². The highest BCUT2D eigenvalue weighted by atomic mass is 16.6. The Labute approximate surface area is 66.9 Å². The standard InChI is InChI=1S/C8H15NO2/c10-4-3-9(7-1-2-7)5-8-6-11-8/h7-8,10H,1-6H2. The zero-order chi connectivity index (χ0) is 7.68. The maximum atomic E-state index is 8.76. The fourth-order valence-corrected chi connectivity index (χ4v) is 1.43. The Balaban J connectivity index is 1.72. The van der Waals surface area contributed by atoms with E-state index in [9.17, 15) is 0 Å². The molecule has 2 aliphatic rings. The smallest absolute Gasteiger partial charge is 0.0936 e. The van der Waals surface area contributed by atoms with Crippen molar-refractivity contribution in [1.82, 2.24) is 4.90 Å². The van der Waals surface area contributed by atoms with Gasteiger partial charge in [0.1, 0.15) is 0 Å². The van der Waals surface area contributed by atoms with E-state index in [2.05, 4.69) is 4.90 Å². The topological polar surface area (TPSA) is 36.0 Å². The first-order chi connectivity index (χ1) is 5.40. The van der Waals surface area contributed by atoms with Crippen LogP contribution in [-0.4, -0.2) is 48.5 Å². The second kappa shape index (κ2) is 3.09. The van der Waals surface area contributed by atoms with Gasteiger partial charge < -0.3 is 9.84 Å². The third kappa shape index (κ3) is 2.15. The Kier molecular flexibility index (Phi) is 2.11. The second-order valence-corrected chi connectivity index (χ2v) is 3.41. The molecular formula is C8H15NO2.